The molecule has 1 fully saturated rings. The predicted molar refractivity (Wildman–Crippen MR) is 74.6 cm³/mol. The number of allylic oxidation sites excluding steroid dienone is 2. The third-order valence-electron chi connectivity index (χ3n) is 5.16. The molecule has 0 saturated heterocycles. The van der Waals surface area contributed by atoms with E-state index in [1.165, 1.54) is 0 Å². The van der Waals surface area contributed by atoms with Crippen LogP contribution in [0, 0.1) is 23.2 Å². The monoisotopic (exact) mass is 248 g/mol. The normalized spacial score (nSPS) is 45.9. The van der Waals surface area contributed by atoms with E-state index in [1.807, 2.05) is 6.92 Å². The first kappa shape index (κ1) is 13.3. The average molecular weight is 248 g/mol. The molecular formula is C15H24N2O. The zero-order valence-corrected chi connectivity index (χ0v) is 11.6. The van der Waals surface area contributed by atoms with Crippen LogP contribution in [0.4, 0.5) is 0 Å². The van der Waals surface area contributed by atoms with Gasteiger partial charge in [0.2, 0.25) is 0 Å². The second kappa shape index (κ2) is 4.54. The van der Waals surface area contributed by atoms with Gasteiger partial charge in [-0.1, -0.05) is 43.3 Å². The van der Waals surface area contributed by atoms with Gasteiger partial charge in [-0.25, -0.2) is 0 Å². The van der Waals surface area contributed by atoms with Crippen molar-refractivity contribution in [3.8, 4) is 0 Å². The summed E-state index contributed by atoms with van der Waals surface area (Å²) in [5, 5.41) is 12.9. The number of nitrogens with zero attached hydrogens (tertiary/aromatic N) is 1. The first-order valence-electron chi connectivity index (χ1n) is 6.71. The highest BCUT2D eigenvalue weighted by molar-refractivity contribution is 5.94. The van der Waals surface area contributed by atoms with E-state index in [0.717, 1.165) is 24.1 Å². The SMILES string of the molecule is C=C(C)C1CC2(C)C(C)CC=CC2/C(=N\O)C1N. The molecule has 0 spiro atoms. The maximum atomic E-state index is 9.35. The molecule has 3 heteroatoms. The van der Waals surface area contributed by atoms with Crippen molar-refractivity contribution >= 4 is 5.71 Å². The zero-order chi connectivity index (χ0) is 13.5. The minimum Gasteiger partial charge on any atom is -0.411 e. The van der Waals surface area contributed by atoms with Crippen LogP contribution in [0.15, 0.2) is 29.5 Å². The third-order valence-corrected chi connectivity index (χ3v) is 5.16. The second-order valence-electron chi connectivity index (χ2n) is 6.26. The Hall–Kier alpha value is -1.09. The van der Waals surface area contributed by atoms with Crippen molar-refractivity contribution in [3.05, 3.63) is 24.3 Å². The first-order chi connectivity index (χ1) is 8.41. The number of rotatable bonds is 1. The van der Waals surface area contributed by atoms with Crippen molar-refractivity contribution in [2.75, 3.05) is 0 Å². The molecule has 100 valence electrons. The van der Waals surface area contributed by atoms with Gasteiger partial charge >= 0.3 is 0 Å². The summed E-state index contributed by atoms with van der Waals surface area (Å²) in [4.78, 5) is 0. The van der Waals surface area contributed by atoms with Gasteiger partial charge in [0.25, 0.3) is 0 Å². The largest absolute Gasteiger partial charge is 0.411 e. The number of fused-ring (bicyclic) bond motifs is 1. The summed E-state index contributed by atoms with van der Waals surface area (Å²) in [7, 11) is 0. The third kappa shape index (κ3) is 1.81. The van der Waals surface area contributed by atoms with Crippen molar-refractivity contribution < 1.29 is 5.21 Å². The van der Waals surface area contributed by atoms with Crippen LogP contribution in [-0.4, -0.2) is 17.0 Å². The van der Waals surface area contributed by atoms with Crippen molar-refractivity contribution in [2.45, 2.75) is 39.7 Å². The van der Waals surface area contributed by atoms with Crippen LogP contribution < -0.4 is 5.73 Å². The van der Waals surface area contributed by atoms with E-state index in [2.05, 4.69) is 37.7 Å². The highest BCUT2D eigenvalue weighted by atomic mass is 16.4. The van der Waals surface area contributed by atoms with E-state index >= 15 is 0 Å². The Morgan fingerprint density at radius 3 is 2.83 bits per heavy atom. The minimum absolute atomic E-state index is 0.121. The predicted octanol–water partition coefficient (Wildman–Crippen LogP) is 2.96. The van der Waals surface area contributed by atoms with Crippen molar-refractivity contribution in [3.63, 3.8) is 0 Å². The molecule has 0 aromatic carbocycles. The molecule has 0 radical (unpaired) electrons. The summed E-state index contributed by atoms with van der Waals surface area (Å²) >= 11 is 0. The van der Waals surface area contributed by atoms with Gasteiger partial charge in [0.05, 0.1) is 11.8 Å². The molecule has 0 bridgehead atoms. The van der Waals surface area contributed by atoms with E-state index in [0.29, 0.717) is 5.92 Å². The Morgan fingerprint density at radius 2 is 2.28 bits per heavy atom. The van der Waals surface area contributed by atoms with Gasteiger partial charge in [0.1, 0.15) is 0 Å². The first-order valence-corrected chi connectivity index (χ1v) is 6.71. The van der Waals surface area contributed by atoms with Crippen LogP contribution in [0.3, 0.4) is 0 Å². The molecule has 2 aliphatic rings. The molecule has 3 nitrogen and oxygen atoms in total. The van der Waals surface area contributed by atoms with E-state index in [-0.39, 0.29) is 23.3 Å². The molecule has 0 aromatic rings. The van der Waals surface area contributed by atoms with Crippen molar-refractivity contribution in [2.24, 2.45) is 34.1 Å². The Morgan fingerprint density at radius 1 is 1.61 bits per heavy atom. The van der Waals surface area contributed by atoms with Crippen LogP contribution in [0.5, 0.6) is 0 Å². The number of hydrogen-bond donors (Lipinski definition) is 2. The summed E-state index contributed by atoms with van der Waals surface area (Å²) in [6.45, 7) is 10.6. The molecule has 0 aliphatic heterocycles. The highest BCUT2D eigenvalue weighted by Gasteiger charge is 2.50. The Bertz CT molecular complexity index is 413. The topological polar surface area (TPSA) is 58.6 Å². The molecule has 0 amide bonds. The standard InChI is InChI=1S/C15H24N2O/c1-9(2)11-8-15(4)10(3)6-5-7-12(15)14(17-18)13(11)16/h5,7,10-13,18H,1,6,8,16H2,2-4H3/b17-14+. The molecule has 2 rings (SSSR count). The van der Waals surface area contributed by atoms with Gasteiger partial charge < -0.3 is 10.9 Å². The second-order valence-corrected chi connectivity index (χ2v) is 6.26. The quantitative estimate of drug-likeness (QED) is 0.426. The Labute approximate surface area is 109 Å². The van der Waals surface area contributed by atoms with Gasteiger partial charge in [-0.05, 0) is 31.1 Å². The summed E-state index contributed by atoms with van der Waals surface area (Å²) < 4.78 is 0. The number of oxime groups is 1. The molecule has 5 unspecified atom stereocenters. The molecule has 5 atom stereocenters. The molecule has 18 heavy (non-hydrogen) atoms. The van der Waals surface area contributed by atoms with Gasteiger partial charge in [-0.2, -0.15) is 0 Å². The number of hydrogen-bond acceptors (Lipinski definition) is 3. The maximum absolute atomic E-state index is 9.35. The van der Waals surface area contributed by atoms with Crippen LogP contribution in [-0.2, 0) is 0 Å². The minimum atomic E-state index is -0.208. The van der Waals surface area contributed by atoms with Crippen molar-refractivity contribution in [1.29, 1.82) is 0 Å². The fourth-order valence-corrected chi connectivity index (χ4v) is 3.60. The van der Waals surface area contributed by atoms with Gasteiger partial charge in [-0.15, -0.1) is 0 Å². The lowest BCUT2D eigenvalue weighted by Crippen LogP contribution is -2.55. The molecule has 2 aliphatic carbocycles. The zero-order valence-electron chi connectivity index (χ0n) is 11.6. The molecule has 0 heterocycles. The summed E-state index contributed by atoms with van der Waals surface area (Å²) in [5.74, 6) is 0.946. The van der Waals surface area contributed by atoms with Gasteiger partial charge in [0.15, 0.2) is 0 Å². The molecule has 0 aromatic heterocycles. The van der Waals surface area contributed by atoms with Crippen molar-refractivity contribution in [1.82, 2.24) is 0 Å². The molecule has 1 saturated carbocycles. The molecule has 3 N–H and O–H groups in total. The van der Waals surface area contributed by atoms with E-state index in [1.54, 1.807) is 0 Å². The van der Waals surface area contributed by atoms with Crippen LogP contribution in [0.2, 0.25) is 0 Å². The number of nitrogens with two attached hydrogens (primary N) is 1. The van der Waals surface area contributed by atoms with Gasteiger partial charge in [0, 0.05) is 11.8 Å². The smallest absolute Gasteiger partial charge is 0.0817 e. The summed E-state index contributed by atoms with van der Waals surface area (Å²) in [6.07, 6.45) is 6.47. The summed E-state index contributed by atoms with van der Waals surface area (Å²) in [5.41, 5.74) is 8.19. The van der Waals surface area contributed by atoms with Gasteiger partial charge in [-0.3, -0.25) is 0 Å². The van der Waals surface area contributed by atoms with Crippen LogP contribution >= 0.6 is 0 Å². The fourth-order valence-electron chi connectivity index (χ4n) is 3.60. The lowest BCUT2D eigenvalue weighted by atomic mass is 9.53. The van der Waals surface area contributed by atoms with E-state index in [4.69, 9.17) is 5.73 Å². The Kier molecular flexibility index (Phi) is 3.37. The van der Waals surface area contributed by atoms with Crippen LogP contribution in [0.1, 0.15) is 33.6 Å². The fraction of sp³-hybridized carbons (Fsp3) is 0.667. The van der Waals surface area contributed by atoms with Crippen LogP contribution in [0.25, 0.3) is 0 Å². The molecular weight excluding hydrogens is 224 g/mol. The van der Waals surface area contributed by atoms with E-state index in [9.17, 15) is 5.21 Å². The van der Waals surface area contributed by atoms with E-state index < -0.39 is 0 Å². The average Bonchev–Trinajstić information content (AvgIpc) is 2.31. The lowest BCUT2D eigenvalue weighted by molar-refractivity contribution is 0.0990. The summed E-state index contributed by atoms with van der Waals surface area (Å²) in [6, 6.07) is -0.208. The maximum Gasteiger partial charge on any atom is 0.0817 e. The highest BCUT2D eigenvalue weighted by Crippen LogP contribution is 2.52. The lowest BCUT2D eigenvalue weighted by Gasteiger charge is -2.51. The Balaban J connectivity index is 2.46.